The molecule has 36 valence electrons. The predicted octanol–water partition coefficient (Wildman–Crippen LogP) is 0.152. The Morgan fingerprint density at radius 3 is 1.00 bits per heavy atom. The molecule has 2 radical (unpaired) electrons. The Labute approximate surface area is 77.7 Å². The van der Waals surface area contributed by atoms with Crippen molar-refractivity contribution in [1.82, 2.24) is 6.15 Å². The second kappa shape index (κ2) is 34.6. The van der Waals surface area contributed by atoms with Gasteiger partial charge in [-0.05, 0) is 0 Å². The normalized spacial score (nSPS) is 0. The maximum absolute atomic E-state index is 0. The summed E-state index contributed by atoms with van der Waals surface area (Å²) in [6.07, 6.45) is 0. The van der Waals surface area contributed by atoms with Gasteiger partial charge in [0.15, 0.2) is 0 Å². The minimum atomic E-state index is 0. The first kappa shape index (κ1) is 57.0. The zero-order valence-corrected chi connectivity index (χ0v) is 7.74. The minimum absolute atomic E-state index is 0. The smallest absolute Gasteiger partial charge is 0 e. The van der Waals surface area contributed by atoms with Gasteiger partial charge in [-0.25, -0.2) is 0 Å². The summed E-state index contributed by atoms with van der Waals surface area (Å²) < 4.78 is 0. The van der Waals surface area contributed by atoms with Crippen LogP contribution in [0.4, 0.5) is 0 Å². The molecule has 0 rings (SSSR count). The summed E-state index contributed by atoms with van der Waals surface area (Å²) in [6.45, 7) is 0. The SMILES string of the molecule is N.[Co].[Cr].[Mn].[Mo]. The third kappa shape index (κ3) is 22.6. The van der Waals surface area contributed by atoms with Crippen LogP contribution < -0.4 is 6.15 Å². The van der Waals surface area contributed by atoms with Gasteiger partial charge in [0, 0.05) is 72.3 Å². The van der Waals surface area contributed by atoms with Crippen LogP contribution in [0.15, 0.2) is 0 Å². The molecule has 0 unspecified atom stereocenters. The third-order valence-corrected chi connectivity index (χ3v) is 0. The van der Waals surface area contributed by atoms with Crippen molar-refractivity contribution in [2.75, 3.05) is 0 Å². The summed E-state index contributed by atoms with van der Waals surface area (Å²) in [7, 11) is 0. The van der Waals surface area contributed by atoms with E-state index in [1.54, 1.807) is 0 Å². The molecule has 0 aliphatic heterocycles. The largest absolute Gasteiger partial charge is 0.344 e. The molecule has 5 heavy (non-hydrogen) atoms. The summed E-state index contributed by atoms with van der Waals surface area (Å²) in [5.74, 6) is 0. The van der Waals surface area contributed by atoms with Crippen molar-refractivity contribution in [2.24, 2.45) is 0 Å². The average molecular weight is 279 g/mol. The average Bonchev–Trinajstić information content (AvgIpc) is 0. The molecule has 0 amide bonds. The van der Waals surface area contributed by atoms with Crippen molar-refractivity contribution in [3.8, 4) is 0 Å². The Balaban J connectivity index is 0. The molecule has 0 aromatic carbocycles. The van der Waals surface area contributed by atoms with Crippen LogP contribution >= 0.6 is 0 Å². The molecule has 5 heteroatoms. The molecule has 0 bridgehead atoms. The summed E-state index contributed by atoms with van der Waals surface area (Å²) >= 11 is 0. The van der Waals surface area contributed by atoms with Crippen LogP contribution in [-0.4, -0.2) is 0 Å². The Bertz CT molecular complexity index is 11.6. The van der Waals surface area contributed by atoms with Gasteiger partial charge in [-0.2, -0.15) is 0 Å². The van der Waals surface area contributed by atoms with Crippen LogP contribution in [0.25, 0.3) is 0 Å². The molecule has 0 aliphatic carbocycles. The molecule has 0 aromatic heterocycles. The van der Waals surface area contributed by atoms with Crippen LogP contribution in [-0.2, 0) is 72.3 Å². The Morgan fingerprint density at radius 2 is 1.00 bits per heavy atom. The van der Waals surface area contributed by atoms with E-state index in [1.807, 2.05) is 0 Å². The molecule has 0 atom stereocenters. The van der Waals surface area contributed by atoms with Crippen molar-refractivity contribution in [3.63, 3.8) is 0 Å². The maximum Gasteiger partial charge on any atom is 0 e. The molecule has 0 saturated carbocycles. The van der Waals surface area contributed by atoms with Gasteiger partial charge < -0.3 is 6.15 Å². The maximum atomic E-state index is 0. The minimum Gasteiger partial charge on any atom is -0.344 e. The molecular formula is H3CoCrMnMoN. The Kier molecular flexibility index (Phi) is 394. The van der Waals surface area contributed by atoms with Gasteiger partial charge in [0.1, 0.15) is 0 Å². The van der Waals surface area contributed by atoms with E-state index in [1.165, 1.54) is 0 Å². The molecular weight excluding hydrogens is 276 g/mol. The van der Waals surface area contributed by atoms with Gasteiger partial charge in [-0.3, -0.25) is 0 Å². The quantitative estimate of drug-likeness (QED) is 0.629. The van der Waals surface area contributed by atoms with Gasteiger partial charge >= 0.3 is 0 Å². The molecule has 3 N–H and O–H groups in total. The molecule has 0 heterocycles. The standard InChI is InChI=1S/Co.Cr.Mn.Mo.H3N/h;;;;1H3. The first-order valence-corrected chi connectivity index (χ1v) is 0. The summed E-state index contributed by atoms with van der Waals surface area (Å²) in [5.41, 5.74) is 0. The van der Waals surface area contributed by atoms with E-state index in [4.69, 9.17) is 0 Å². The van der Waals surface area contributed by atoms with Crippen LogP contribution in [0.3, 0.4) is 0 Å². The van der Waals surface area contributed by atoms with Crippen molar-refractivity contribution in [3.05, 3.63) is 0 Å². The number of hydrogen-bond acceptors (Lipinski definition) is 1. The van der Waals surface area contributed by atoms with E-state index in [0.717, 1.165) is 0 Å². The molecule has 0 aliphatic rings. The number of hydrogen-bond donors (Lipinski definition) is 1. The van der Waals surface area contributed by atoms with Gasteiger partial charge in [-0.15, -0.1) is 0 Å². The van der Waals surface area contributed by atoms with E-state index in [2.05, 4.69) is 0 Å². The Morgan fingerprint density at radius 1 is 1.00 bits per heavy atom. The molecule has 1 nitrogen and oxygen atoms in total. The van der Waals surface area contributed by atoms with Crippen molar-refractivity contribution >= 4 is 0 Å². The number of rotatable bonds is 0. The van der Waals surface area contributed by atoms with E-state index >= 15 is 0 Å². The van der Waals surface area contributed by atoms with Gasteiger partial charge in [-0.1, -0.05) is 0 Å². The molecule has 0 aromatic rings. The van der Waals surface area contributed by atoms with Crippen LogP contribution in [0, 0.1) is 0 Å². The second-order valence-electron chi connectivity index (χ2n) is 0. The zero-order valence-electron chi connectivity index (χ0n) is 2.23. The predicted molar refractivity (Wildman–Crippen MR) is 5.02 cm³/mol. The van der Waals surface area contributed by atoms with Gasteiger partial charge in [0.25, 0.3) is 0 Å². The molecule has 0 saturated heterocycles. The topological polar surface area (TPSA) is 35.0 Å². The molecule has 0 spiro atoms. The first-order chi connectivity index (χ1) is 0. The summed E-state index contributed by atoms with van der Waals surface area (Å²) in [6, 6.07) is 0. The van der Waals surface area contributed by atoms with Crippen molar-refractivity contribution < 1.29 is 72.3 Å². The zero-order chi connectivity index (χ0) is 0. The fraction of sp³-hybridized carbons (Fsp3) is 0. The van der Waals surface area contributed by atoms with Crippen LogP contribution in [0.2, 0.25) is 0 Å². The second-order valence-corrected chi connectivity index (χ2v) is 0. The Hall–Kier alpha value is 2.21. The van der Waals surface area contributed by atoms with Gasteiger partial charge in [0.2, 0.25) is 0 Å². The fourth-order valence-corrected chi connectivity index (χ4v) is 0. The van der Waals surface area contributed by atoms with E-state index in [0.29, 0.717) is 0 Å². The fourth-order valence-electron chi connectivity index (χ4n) is 0. The summed E-state index contributed by atoms with van der Waals surface area (Å²) in [5, 5.41) is 0. The van der Waals surface area contributed by atoms with Crippen LogP contribution in [0.1, 0.15) is 0 Å². The van der Waals surface area contributed by atoms with Crippen LogP contribution in [0.5, 0.6) is 0 Å². The molecule has 0 fully saturated rings. The van der Waals surface area contributed by atoms with Gasteiger partial charge in [0.05, 0.1) is 0 Å². The van der Waals surface area contributed by atoms with Crippen molar-refractivity contribution in [2.45, 2.75) is 0 Å². The van der Waals surface area contributed by atoms with E-state index < -0.39 is 0 Å². The monoisotopic (exact) mass is 281 g/mol. The summed E-state index contributed by atoms with van der Waals surface area (Å²) in [4.78, 5) is 0. The first-order valence-electron chi connectivity index (χ1n) is 0. The van der Waals surface area contributed by atoms with E-state index in [9.17, 15) is 0 Å². The van der Waals surface area contributed by atoms with Crippen molar-refractivity contribution in [1.29, 1.82) is 0 Å². The van der Waals surface area contributed by atoms with E-state index in [-0.39, 0.29) is 78.4 Å². The third-order valence-electron chi connectivity index (χ3n) is 0.